The minimum absolute atomic E-state index is 0.758. The van der Waals surface area contributed by atoms with Crippen LogP contribution in [0, 0.1) is 0 Å². The molecule has 66 valence electrons. The molecule has 0 saturated carbocycles. The summed E-state index contributed by atoms with van der Waals surface area (Å²) in [5.41, 5.74) is 0. The summed E-state index contributed by atoms with van der Waals surface area (Å²) in [7, 11) is 2.20. The van der Waals surface area contributed by atoms with Crippen molar-refractivity contribution in [2.24, 2.45) is 0 Å². The van der Waals surface area contributed by atoms with E-state index in [9.17, 15) is 0 Å². The van der Waals surface area contributed by atoms with Crippen molar-refractivity contribution in [2.75, 3.05) is 39.8 Å². The first-order valence-corrected chi connectivity index (χ1v) is 6.36. The highest BCUT2D eigenvalue weighted by atomic mass is 127. The Morgan fingerprint density at radius 2 is 1.73 bits per heavy atom. The normalized spacial score (nSPS) is 22.9. The molecule has 0 aliphatic carbocycles. The Hall–Kier alpha value is 1.38. The second-order valence-electron chi connectivity index (χ2n) is 2.99. The van der Waals surface area contributed by atoms with Crippen molar-refractivity contribution in [2.45, 2.75) is 1.93 Å². The maximum absolute atomic E-state index is 2.55. The van der Waals surface area contributed by atoms with Gasteiger partial charge in [-0.2, -0.15) is 0 Å². The first-order valence-electron chi connectivity index (χ1n) is 3.87. The van der Waals surface area contributed by atoms with E-state index >= 15 is 0 Å². The SMILES string of the molecule is CN1CCN(CC(I)I)CC1. The van der Waals surface area contributed by atoms with Crippen LogP contribution in [-0.2, 0) is 0 Å². The van der Waals surface area contributed by atoms with E-state index in [0.29, 0.717) is 0 Å². The molecule has 0 unspecified atom stereocenters. The highest BCUT2D eigenvalue weighted by Crippen LogP contribution is 2.12. The molecule has 0 radical (unpaired) electrons. The van der Waals surface area contributed by atoms with Gasteiger partial charge in [0.15, 0.2) is 0 Å². The van der Waals surface area contributed by atoms with Gasteiger partial charge >= 0.3 is 0 Å². The lowest BCUT2D eigenvalue weighted by atomic mass is 10.3. The topological polar surface area (TPSA) is 6.48 Å². The Bertz CT molecular complexity index is 111. The average molecular weight is 380 g/mol. The summed E-state index contributed by atoms with van der Waals surface area (Å²) >= 11 is 4.96. The molecular weight excluding hydrogens is 366 g/mol. The van der Waals surface area contributed by atoms with E-state index in [-0.39, 0.29) is 0 Å². The molecule has 2 nitrogen and oxygen atoms in total. The zero-order chi connectivity index (χ0) is 8.27. The van der Waals surface area contributed by atoms with Crippen molar-refractivity contribution in [1.29, 1.82) is 0 Å². The molecule has 0 N–H and O–H groups in total. The second kappa shape index (κ2) is 5.18. The van der Waals surface area contributed by atoms with Crippen molar-refractivity contribution in [1.82, 2.24) is 9.80 Å². The number of halogens is 2. The Kier molecular flexibility index (Phi) is 4.93. The molecule has 0 aromatic carbocycles. The van der Waals surface area contributed by atoms with Crippen LogP contribution in [-0.4, -0.2) is 51.5 Å². The Balaban J connectivity index is 2.17. The molecule has 0 amide bonds. The van der Waals surface area contributed by atoms with E-state index < -0.39 is 0 Å². The van der Waals surface area contributed by atoms with Crippen molar-refractivity contribution >= 4 is 45.2 Å². The summed E-state index contributed by atoms with van der Waals surface area (Å²) in [6.07, 6.45) is 0. The van der Waals surface area contributed by atoms with Crippen LogP contribution in [0.3, 0.4) is 0 Å². The summed E-state index contributed by atoms with van der Waals surface area (Å²) in [5.74, 6) is 0. The van der Waals surface area contributed by atoms with Crippen LogP contribution in [0.1, 0.15) is 0 Å². The summed E-state index contributed by atoms with van der Waals surface area (Å²) in [5, 5.41) is 0. The number of rotatable bonds is 2. The van der Waals surface area contributed by atoms with Crippen LogP contribution in [0.2, 0.25) is 0 Å². The van der Waals surface area contributed by atoms with Gasteiger partial charge in [-0.1, -0.05) is 45.2 Å². The minimum Gasteiger partial charge on any atom is -0.304 e. The van der Waals surface area contributed by atoms with Gasteiger partial charge in [0.25, 0.3) is 0 Å². The molecule has 0 aromatic heterocycles. The molecule has 1 heterocycles. The number of hydrogen-bond acceptors (Lipinski definition) is 2. The fourth-order valence-corrected chi connectivity index (χ4v) is 2.34. The van der Waals surface area contributed by atoms with E-state index in [2.05, 4.69) is 62.0 Å². The lowest BCUT2D eigenvalue weighted by molar-refractivity contribution is 0.161. The third kappa shape index (κ3) is 4.23. The van der Waals surface area contributed by atoms with Crippen molar-refractivity contribution in [3.63, 3.8) is 0 Å². The predicted molar refractivity (Wildman–Crippen MR) is 65.8 cm³/mol. The van der Waals surface area contributed by atoms with Gasteiger partial charge in [-0.05, 0) is 7.05 Å². The van der Waals surface area contributed by atoms with Crippen LogP contribution in [0.5, 0.6) is 0 Å². The molecule has 0 spiro atoms. The van der Waals surface area contributed by atoms with Crippen molar-refractivity contribution in [3.8, 4) is 0 Å². The van der Waals surface area contributed by atoms with E-state index in [1.165, 1.54) is 32.7 Å². The second-order valence-corrected chi connectivity index (χ2v) is 8.39. The van der Waals surface area contributed by atoms with Crippen molar-refractivity contribution in [3.05, 3.63) is 0 Å². The smallest absolute Gasteiger partial charge is 0.0753 e. The molecule has 1 aliphatic heterocycles. The molecule has 1 saturated heterocycles. The number of likely N-dealkylation sites (N-methyl/N-ethyl adjacent to an activating group) is 1. The molecule has 4 heteroatoms. The van der Waals surface area contributed by atoms with Crippen LogP contribution in [0.4, 0.5) is 0 Å². The first kappa shape index (κ1) is 10.5. The Labute approximate surface area is 96.0 Å². The summed E-state index contributed by atoms with van der Waals surface area (Å²) < 4.78 is 0.758. The molecular formula is C7H14I2N2. The van der Waals surface area contributed by atoms with Gasteiger partial charge in [0.05, 0.1) is 1.93 Å². The molecule has 0 bridgehead atoms. The largest absolute Gasteiger partial charge is 0.304 e. The molecule has 1 aliphatic rings. The van der Waals surface area contributed by atoms with Gasteiger partial charge in [-0.25, -0.2) is 0 Å². The van der Waals surface area contributed by atoms with Gasteiger partial charge in [0, 0.05) is 32.7 Å². The number of nitrogens with zero attached hydrogens (tertiary/aromatic N) is 2. The van der Waals surface area contributed by atoms with E-state index in [0.717, 1.165) is 1.93 Å². The number of hydrogen-bond donors (Lipinski definition) is 0. The molecule has 1 rings (SSSR count). The fourth-order valence-electron chi connectivity index (χ4n) is 1.23. The van der Waals surface area contributed by atoms with Crippen LogP contribution < -0.4 is 0 Å². The Morgan fingerprint density at radius 1 is 1.18 bits per heavy atom. The van der Waals surface area contributed by atoms with Crippen LogP contribution >= 0.6 is 45.2 Å². The summed E-state index contributed by atoms with van der Waals surface area (Å²) in [6, 6.07) is 0. The van der Waals surface area contributed by atoms with E-state index in [1.807, 2.05) is 0 Å². The van der Waals surface area contributed by atoms with Gasteiger partial charge in [0.1, 0.15) is 0 Å². The van der Waals surface area contributed by atoms with E-state index in [4.69, 9.17) is 0 Å². The first-order chi connectivity index (χ1) is 5.18. The third-order valence-electron chi connectivity index (χ3n) is 1.99. The highest BCUT2D eigenvalue weighted by Gasteiger charge is 2.14. The standard InChI is InChI=1S/C7H14I2N2/c1-10-2-4-11(5-3-10)6-7(8)9/h7H,2-6H2,1H3. The zero-order valence-electron chi connectivity index (χ0n) is 6.76. The highest BCUT2D eigenvalue weighted by molar-refractivity contribution is 14.2. The summed E-state index contributed by atoms with van der Waals surface area (Å²) in [4.78, 5) is 4.94. The lowest BCUT2D eigenvalue weighted by Crippen LogP contribution is -2.45. The van der Waals surface area contributed by atoms with Gasteiger partial charge in [-0.15, -0.1) is 0 Å². The average Bonchev–Trinajstić information content (AvgIpc) is 1.93. The molecule has 0 atom stereocenters. The molecule has 1 fully saturated rings. The van der Waals surface area contributed by atoms with Gasteiger partial charge < -0.3 is 4.90 Å². The lowest BCUT2D eigenvalue weighted by Gasteiger charge is -2.32. The minimum atomic E-state index is 0.758. The molecule has 0 aromatic rings. The number of piperazine rings is 1. The van der Waals surface area contributed by atoms with Crippen molar-refractivity contribution < 1.29 is 0 Å². The van der Waals surface area contributed by atoms with E-state index in [1.54, 1.807) is 0 Å². The van der Waals surface area contributed by atoms with Gasteiger partial charge in [0.2, 0.25) is 0 Å². The third-order valence-corrected chi connectivity index (χ3v) is 2.78. The maximum atomic E-state index is 2.55. The quantitative estimate of drug-likeness (QED) is 0.529. The van der Waals surface area contributed by atoms with Gasteiger partial charge in [-0.3, -0.25) is 4.90 Å². The fraction of sp³-hybridized carbons (Fsp3) is 1.00. The maximum Gasteiger partial charge on any atom is 0.0753 e. The monoisotopic (exact) mass is 380 g/mol. The Morgan fingerprint density at radius 3 is 2.18 bits per heavy atom. The predicted octanol–water partition coefficient (Wildman–Crippen LogP) is 1.43. The van der Waals surface area contributed by atoms with Crippen LogP contribution in [0.25, 0.3) is 0 Å². The van der Waals surface area contributed by atoms with Crippen LogP contribution in [0.15, 0.2) is 0 Å². The zero-order valence-corrected chi connectivity index (χ0v) is 11.1. The number of alkyl halides is 2. The summed E-state index contributed by atoms with van der Waals surface area (Å²) in [6.45, 7) is 6.22. The molecule has 11 heavy (non-hydrogen) atoms.